The molecule has 2 rings (SSSR count). The number of nitrogens with one attached hydrogen (secondary N) is 1. The fourth-order valence-electron chi connectivity index (χ4n) is 2.58. The fraction of sp³-hybridized carbons (Fsp3) is 0.533. The molecule has 5 heteroatoms. The molecule has 0 aliphatic heterocycles. The van der Waals surface area contributed by atoms with E-state index in [1.54, 1.807) is 24.3 Å². The molecule has 1 aromatic carbocycles. The molecule has 4 nitrogen and oxygen atoms in total. The maximum Gasteiger partial charge on any atom is 0.240 e. The summed E-state index contributed by atoms with van der Waals surface area (Å²) in [6.07, 6.45) is 6.21. The van der Waals surface area contributed by atoms with Crippen molar-refractivity contribution in [3.8, 4) is 6.07 Å². The Morgan fingerprint density at radius 3 is 2.40 bits per heavy atom. The van der Waals surface area contributed by atoms with E-state index >= 15 is 0 Å². The lowest BCUT2D eigenvalue weighted by molar-refractivity contribution is 0.357. The molecule has 0 aromatic heterocycles. The van der Waals surface area contributed by atoms with Gasteiger partial charge in [-0.1, -0.05) is 31.4 Å². The van der Waals surface area contributed by atoms with Gasteiger partial charge in [0, 0.05) is 6.54 Å². The zero-order chi connectivity index (χ0) is 14.4. The van der Waals surface area contributed by atoms with Crippen LogP contribution in [0.3, 0.4) is 0 Å². The van der Waals surface area contributed by atoms with Gasteiger partial charge in [-0.2, -0.15) is 5.26 Å². The van der Waals surface area contributed by atoms with Gasteiger partial charge in [0.05, 0.1) is 17.4 Å². The molecule has 1 aromatic rings. The van der Waals surface area contributed by atoms with Gasteiger partial charge in [0.15, 0.2) is 0 Å². The maximum atomic E-state index is 12.2. The van der Waals surface area contributed by atoms with E-state index in [0.717, 1.165) is 18.4 Å². The van der Waals surface area contributed by atoms with Crippen molar-refractivity contribution in [2.75, 3.05) is 6.54 Å². The summed E-state index contributed by atoms with van der Waals surface area (Å²) >= 11 is 0. The van der Waals surface area contributed by atoms with Crippen LogP contribution in [0.5, 0.6) is 0 Å². The number of hydrogen-bond acceptors (Lipinski definition) is 3. The van der Waals surface area contributed by atoms with Crippen LogP contribution in [0.2, 0.25) is 0 Å². The number of nitrogens with zero attached hydrogens (tertiary/aromatic N) is 1. The van der Waals surface area contributed by atoms with Crippen molar-refractivity contribution >= 4 is 10.0 Å². The summed E-state index contributed by atoms with van der Waals surface area (Å²) in [5.41, 5.74) is 0.832. The third-order valence-corrected chi connectivity index (χ3v) is 5.24. The Bertz CT molecular complexity index is 567. The second-order valence-electron chi connectivity index (χ2n) is 5.33. The predicted molar refractivity (Wildman–Crippen MR) is 77.5 cm³/mol. The van der Waals surface area contributed by atoms with Gasteiger partial charge in [0.2, 0.25) is 10.0 Å². The van der Waals surface area contributed by atoms with E-state index in [9.17, 15) is 8.42 Å². The van der Waals surface area contributed by atoms with Crippen molar-refractivity contribution in [1.82, 2.24) is 4.72 Å². The van der Waals surface area contributed by atoms with Crippen molar-refractivity contribution in [2.24, 2.45) is 5.92 Å². The molecule has 0 radical (unpaired) electrons. The zero-order valence-electron chi connectivity index (χ0n) is 11.5. The summed E-state index contributed by atoms with van der Waals surface area (Å²) in [4.78, 5) is 0.273. The van der Waals surface area contributed by atoms with E-state index in [4.69, 9.17) is 5.26 Å². The zero-order valence-corrected chi connectivity index (χ0v) is 12.3. The number of sulfonamides is 1. The van der Waals surface area contributed by atoms with Crippen LogP contribution < -0.4 is 4.72 Å². The van der Waals surface area contributed by atoms with E-state index in [2.05, 4.69) is 4.72 Å². The molecule has 0 bridgehead atoms. The summed E-state index contributed by atoms with van der Waals surface area (Å²) in [5, 5.41) is 8.60. The molecular formula is C15H20N2O2S. The highest BCUT2D eigenvalue weighted by molar-refractivity contribution is 7.89. The van der Waals surface area contributed by atoms with Gasteiger partial charge in [0.25, 0.3) is 0 Å². The van der Waals surface area contributed by atoms with Crippen LogP contribution in [-0.4, -0.2) is 15.0 Å². The Labute approximate surface area is 120 Å². The Morgan fingerprint density at radius 1 is 1.15 bits per heavy atom. The van der Waals surface area contributed by atoms with Gasteiger partial charge in [0.1, 0.15) is 0 Å². The summed E-state index contributed by atoms with van der Waals surface area (Å²) < 4.78 is 27.0. The average Bonchev–Trinajstić information content (AvgIpc) is 2.47. The average molecular weight is 292 g/mol. The van der Waals surface area contributed by atoms with E-state index in [1.165, 1.54) is 19.3 Å². The fourth-order valence-corrected chi connectivity index (χ4v) is 3.70. The lowest BCUT2D eigenvalue weighted by atomic mass is 9.90. The minimum atomic E-state index is -3.42. The molecule has 1 N–H and O–H groups in total. The topological polar surface area (TPSA) is 70.0 Å². The van der Waals surface area contributed by atoms with Crippen molar-refractivity contribution in [3.63, 3.8) is 0 Å². The van der Waals surface area contributed by atoms with E-state index < -0.39 is 10.0 Å². The molecule has 0 atom stereocenters. The first kappa shape index (κ1) is 15.0. The summed E-state index contributed by atoms with van der Waals surface area (Å²) in [6, 6.07) is 8.56. The molecule has 108 valence electrons. The van der Waals surface area contributed by atoms with Gasteiger partial charge in [-0.25, -0.2) is 13.1 Å². The lowest BCUT2D eigenvalue weighted by Crippen LogP contribution is -2.30. The SMILES string of the molecule is N#CCc1ccc(S(=O)(=O)NCC2CCCCC2)cc1. The van der Waals surface area contributed by atoms with Crippen molar-refractivity contribution in [1.29, 1.82) is 5.26 Å². The quantitative estimate of drug-likeness (QED) is 0.907. The van der Waals surface area contributed by atoms with Crippen LogP contribution >= 0.6 is 0 Å². The normalized spacial score (nSPS) is 16.8. The van der Waals surface area contributed by atoms with Gasteiger partial charge in [-0.05, 0) is 36.5 Å². The molecule has 0 saturated heterocycles. The van der Waals surface area contributed by atoms with Crippen molar-refractivity contribution in [3.05, 3.63) is 29.8 Å². The number of nitriles is 1. The second-order valence-corrected chi connectivity index (χ2v) is 7.10. The molecule has 0 unspecified atom stereocenters. The first-order valence-corrected chi connectivity index (χ1v) is 8.56. The van der Waals surface area contributed by atoms with Crippen molar-refractivity contribution in [2.45, 2.75) is 43.4 Å². The first-order chi connectivity index (χ1) is 9.62. The summed E-state index contributed by atoms with van der Waals surface area (Å²) in [6.45, 7) is 0.530. The minimum absolute atomic E-state index is 0.273. The standard InChI is InChI=1S/C15H20N2O2S/c16-11-10-13-6-8-15(9-7-13)20(18,19)17-12-14-4-2-1-3-5-14/h6-9,14,17H,1-5,10,12H2. The number of benzene rings is 1. The molecule has 1 saturated carbocycles. The van der Waals surface area contributed by atoms with Crippen LogP contribution in [0.15, 0.2) is 29.2 Å². The molecule has 0 spiro atoms. The monoisotopic (exact) mass is 292 g/mol. The minimum Gasteiger partial charge on any atom is -0.211 e. The van der Waals surface area contributed by atoms with Gasteiger partial charge in [-0.3, -0.25) is 0 Å². The third kappa shape index (κ3) is 4.06. The second kappa shape index (κ2) is 6.87. The van der Waals surface area contributed by atoms with Crippen LogP contribution in [-0.2, 0) is 16.4 Å². The highest BCUT2D eigenvalue weighted by atomic mass is 32.2. The first-order valence-electron chi connectivity index (χ1n) is 7.07. The molecule has 0 heterocycles. The van der Waals surface area contributed by atoms with Crippen LogP contribution in [0.25, 0.3) is 0 Å². The van der Waals surface area contributed by atoms with Crippen LogP contribution in [0.1, 0.15) is 37.7 Å². The summed E-state index contributed by atoms with van der Waals surface area (Å²) in [7, 11) is -3.42. The van der Waals surface area contributed by atoms with E-state index in [0.29, 0.717) is 18.9 Å². The highest BCUT2D eigenvalue weighted by Crippen LogP contribution is 2.23. The highest BCUT2D eigenvalue weighted by Gasteiger charge is 2.18. The van der Waals surface area contributed by atoms with Gasteiger partial charge >= 0.3 is 0 Å². The molecule has 20 heavy (non-hydrogen) atoms. The molecule has 1 fully saturated rings. The maximum absolute atomic E-state index is 12.2. The van der Waals surface area contributed by atoms with Gasteiger partial charge in [-0.15, -0.1) is 0 Å². The smallest absolute Gasteiger partial charge is 0.211 e. The Hall–Kier alpha value is -1.38. The lowest BCUT2D eigenvalue weighted by Gasteiger charge is -2.21. The van der Waals surface area contributed by atoms with E-state index in [-0.39, 0.29) is 4.90 Å². The molecule has 1 aliphatic carbocycles. The predicted octanol–water partition coefficient (Wildman–Crippen LogP) is 2.61. The third-order valence-electron chi connectivity index (χ3n) is 3.80. The summed E-state index contributed by atoms with van der Waals surface area (Å²) in [5.74, 6) is 0.469. The van der Waals surface area contributed by atoms with Crippen LogP contribution in [0.4, 0.5) is 0 Å². The molecule has 1 aliphatic rings. The van der Waals surface area contributed by atoms with Crippen LogP contribution in [0, 0.1) is 17.2 Å². The molecule has 0 amide bonds. The van der Waals surface area contributed by atoms with Crippen molar-refractivity contribution < 1.29 is 8.42 Å². The number of hydrogen-bond donors (Lipinski definition) is 1. The Balaban J connectivity index is 1.96. The Morgan fingerprint density at radius 2 is 1.80 bits per heavy atom. The molecular weight excluding hydrogens is 272 g/mol. The Kier molecular flexibility index (Phi) is 5.16. The van der Waals surface area contributed by atoms with E-state index in [1.807, 2.05) is 6.07 Å². The van der Waals surface area contributed by atoms with Gasteiger partial charge < -0.3 is 0 Å². The number of rotatable bonds is 5. The largest absolute Gasteiger partial charge is 0.240 e.